The number of halogens is 2. The van der Waals surface area contributed by atoms with Crippen LogP contribution in [0.4, 0.5) is 13.6 Å². The van der Waals surface area contributed by atoms with Crippen LogP contribution in [0, 0.1) is 6.92 Å². The summed E-state index contributed by atoms with van der Waals surface area (Å²) in [6.45, 7) is 11.5. The van der Waals surface area contributed by atoms with Gasteiger partial charge in [0.2, 0.25) is 0 Å². The van der Waals surface area contributed by atoms with Crippen molar-refractivity contribution >= 4 is 23.0 Å². The maximum Gasteiger partial charge on any atom is 0.419 e. The van der Waals surface area contributed by atoms with Crippen molar-refractivity contribution in [3.05, 3.63) is 53.2 Å². The van der Waals surface area contributed by atoms with Gasteiger partial charge in [-0.25, -0.2) is 18.4 Å². The first kappa shape index (κ1) is 33.0. The van der Waals surface area contributed by atoms with Crippen molar-refractivity contribution < 1.29 is 42.1 Å². The summed E-state index contributed by atoms with van der Waals surface area (Å²) in [5, 5.41) is 0.938. The van der Waals surface area contributed by atoms with Gasteiger partial charge >= 0.3 is 12.1 Å². The third-order valence-corrected chi connectivity index (χ3v) is 7.25. The third kappa shape index (κ3) is 7.97. The number of para-hydroxylation sites is 1. The van der Waals surface area contributed by atoms with E-state index < -0.39 is 24.1 Å². The van der Waals surface area contributed by atoms with Crippen LogP contribution in [0.25, 0.3) is 10.9 Å². The van der Waals surface area contributed by atoms with Crippen molar-refractivity contribution in [1.82, 2.24) is 14.4 Å². The van der Waals surface area contributed by atoms with Crippen LogP contribution in [-0.4, -0.2) is 98.6 Å². The molecule has 12 heteroatoms. The first-order valence-electron chi connectivity index (χ1n) is 14.5. The maximum absolute atomic E-state index is 12.7. The molecule has 2 aliphatic rings. The topological polar surface area (TPSA) is 91.7 Å². The first-order chi connectivity index (χ1) is 20.9. The average molecular weight is 618 g/mol. The van der Waals surface area contributed by atoms with Crippen molar-refractivity contribution in [3.8, 4) is 17.2 Å². The number of hydrogen-bond acceptors (Lipinski definition) is 9. The lowest BCUT2D eigenvalue weighted by Crippen LogP contribution is -2.47. The summed E-state index contributed by atoms with van der Waals surface area (Å²) in [6.07, 6.45) is -0.992. The fourth-order valence-electron chi connectivity index (χ4n) is 5.26. The molecule has 240 valence electrons. The number of carbonyl (C=O) groups excluding carboxylic acids is 2. The van der Waals surface area contributed by atoms with Crippen molar-refractivity contribution in [2.45, 2.75) is 46.3 Å². The van der Waals surface area contributed by atoms with Gasteiger partial charge in [-0.05, 0) is 57.5 Å². The number of esters is 1. The van der Waals surface area contributed by atoms with Crippen molar-refractivity contribution in [3.63, 3.8) is 0 Å². The molecule has 0 atom stereocenters. The summed E-state index contributed by atoms with van der Waals surface area (Å²) < 4.78 is 53.3. The highest BCUT2D eigenvalue weighted by Gasteiger charge is 2.25. The molecular formula is C32H41F2N3O7. The molecule has 0 N–H and O–H groups in total. The molecular weight excluding hydrogens is 576 g/mol. The molecule has 3 aromatic rings. The van der Waals surface area contributed by atoms with Gasteiger partial charge in [-0.15, -0.1) is 0 Å². The fraction of sp³-hybridized carbons (Fsp3) is 0.500. The highest BCUT2D eigenvalue weighted by molar-refractivity contribution is 5.95. The molecule has 10 nitrogen and oxygen atoms in total. The number of rotatable bonds is 6. The molecule has 0 radical (unpaired) electrons. The number of piperazine rings is 1. The molecule has 2 aromatic carbocycles. The van der Waals surface area contributed by atoms with Gasteiger partial charge in [-0.3, -0.25) is 14.4 Å². The standard InChI is InChI=1S/C22H31F2N3O3.C10H10O4/c1-15-12-18(29-5)17(13-25-8-10-26(11-9-25)14-19(23)24)16-6-7-27(20(15)16)21(28)30-22(2,3)4;1-12-10(11)7-3-2-4-8-9(7)14-6-5-13-8/h6-7,12,19H,8-11,13-14H2,1-5H3;2-4H,5-6H2,1H3. The predicted octanol–water partition coefficient (Wildman–Crippen LogP) is 5.37. The van der Waals surface area contributed by atoms with E-state index in [9.17, 15) is 18.4 Å². The van der Waals surface area contributed by atoms with Gasteiger partial charge in [0.1, 0.15) is 30.1 Å². The molecule has 0 saturated carbocycles. The largest absolute Gasteiger partial charge is 0.496 e. The summed E-state index contributed by atoms with van der Waals surface area (Å²) in [5.74, 6) is 1.43. The summed E-state index contributed by atoms with van der Waals surface area (Å²) in [5.41, 5.74) is 2.53. The minimum atomic E-state index is -2.30. The number of fused-ring (bicyclic) bond motifs is 2. The Labute approximate surface area is 256 Å². The number of carbonyl (C=O) groups is 2. The van der Waals surface area contributed by atoms with Crippen molar-refractivity contribution in [2.75, 3.05) is 60.2 Å². The van der Waals surface area contributed by atoms with Gasteiger partial charge in [-0.2, -0.15) is 0 Å². The predicted molar refractivity (Wildman–Crippen MR) is 161 cm³/mol. The molecule has 0 aliphatic carbocycles. The van der Waals surface area contributed by atoms with E-state index in [1.165, 1.54) is 7.11 Å². The van der Waals surface area contributed by atoms with Crippen LogP contribution in [0.15, 0.2) is 36.5 Å². The number of methoxy groups -OCH3 is 2. The van der Waals surface area contributed by atoms with Crippen LogP contribution in [0.1, 0.15) is 42.3 Å². The third-order valence-electron chi connectivity index (χ3n) is 7.25. The van der Waals surface area contributed by atoms with Gasteiger partial charge in [0, 0.05) is 49.9 Å². The van der Waals surface area contributed by atoms with Gasteiger partial charge in [0.05, 0.1) is 26.3 Å². The minimum Gasteiger partial charge on any atom is -0.496 e. The molecule has 3 heterocycles. The average Bonchev–Trinajstić information content (AvgIpc) is 3.44. The lowest BCUT2D eigenvalue weighted by atomic mass is 10.0. The van der Waals surface area contributed by atoms with Gasteiger partial charge in [0.25, 0.3) is 6.43 Å². The molecule has 1 aromatic heterocycles. The Balaban J connectivity index is 0.000000262. The molecule has 44 heavy (non-hydrogen) atoms. The van der Waals surface area contributed by atoms with E-state index in [4.69, 9.17) is 18.9 Å². The number of aryl methyl sites for hydroxylation is 1. The number of hydrogen-bond donors (Lipinski definition) is 0. The normalized spacial score (nSPS) is 15.5. The Kier molecular flexibility index (Phi) is 10.7. The van der Waals surface area contributed by atoms with E-state index in [0.717, 1.165) is 27.8 Å². The second-order valence-electron chi connectivity index (χ2n) is 11.6. The smallest absolute Gasteiger partial charge is 0.419 e. The highest BCUT2D eigenvalue weighted by atomic mass is 19.3. The van der Waals surface area contributed by atoms with E-state index in [-0.39, 0.29) is 6.54 Å². The Morgan fingerprint density at radius 2 is 1.68 bits per heavy atom. The lowest BCUT2D eigenvalue weighted by Gasteiger charge is -2.34. The molecule has 0 bridgehead atoms. The Bertz CT molecular complexity index is 1460. The molecule has 0 spiro atoms. The minimum absolute atomic E-state index is 0.176. The summed E-state index contributed by atoms with van der Waals surface area (Å²) in [4.78, 5) is 28.1. The van der Waals surface area contributed by atoms with Crippen LogP contribution < -0.4 is 14.2 Å². The van der Waals surface area contributed by atoms with Gasteiger partial charge in [-0.1, -0.05) is 6.07 Å². The highest BCUT2D eigenvalue weighted by Crippen LogP contribution is 2.35. The van der Waals surface area contributed by atoms with Gasteiger partial charge in [0.15, 0.2) is 11.5 Å². The molecule has 1 saturated heterocycles. The Hall–Kier alpha value is -3.90. The number of aromatic nitrogens is 1. The quantitative estimate of drug-likeness (QED) is 0.339. The molecule has 5 rings (SSSR count). The molecule has 0 amide bonds. The number of nitrogens with zero attached hydrogens (tertiary/aromatic N) is 3. The lowest BCUT2D eigenvalue weighted by molar-refractivity contribution is 0.0536. The zero-order valence-electron chi connectivity index (χ0n) is 26.2. The maximum atomic E-state index is 12.7. The molecule has 0 unspecified atom stereocenters. The van der Waals surface area contributed by atoms with Crippen LogP contribution >= 0.6 is 0 Å². The van der Waals surface area contributed by atoms with E-state index in [1.807, 2.05) is 39.8 Å². The molecule has 2 aliphatic heterocycles. The molecule has 1 fully saturated rings. The summed E-state index contributed by atoms with van der Waals surface area (Å²) in [6, 6.07) is 9.00. The second-order valence-corrected chi connectivity index (χ2v) is 11.6. The number of ether oxygens (including phenoxy) is 5. The van der Waals surface area contributed by atoms with E-state index >= 15 is 0 Å². The summed E-state index contributed by atoms with van der Waals surface area (Å²) in [7, 11) is 2.97. The zero-order valence-corrected chi connectivity index (χ0v) is 26.2. The number of alkyl halides is 2. The van der Waals surface area contributed by atoms with Gasteiger partial charge < -0.3 is 23.7 Å². The van der Waals surface area contributed by atoms with Crippen LogP contribution in [0.5, 0.6) is 17.2 Å². The number of benzene rings is 2. The van der Waals surface area contributed by atoms with Crippen LogP contribution in [0.3, 0.4) is 0 Å². The zero-order chi connectivity index (χ0) is 32.0. The Morgan fingerprint density at radius 1 is 1.00 bits per heavy atom. The van der Waals surface area contributed by atoms with E-state index in [2.05, 4.69) is 9.64 Å². The fourth-order valence-corrected chi connectivity index (χ4v) is 5.26. The SMILES string of the molecule is COC(=O)c1cccc2c1OCCO2.COc1cc(C)c2c(ccn2C(=O)OC(C)(C)C)c1CN1CCN(CC(F)F)CC1. The summed E-state index contributed by atoms with van der Waals surface area (Å²) >= 11 is 0. The van der Waals surface area contributed by atoms with Crippen LogP contribution in [0.2, 0.25) is 0 Å². The van der Waals surface area contributed by atoms with Crippen molar-refractivity contribution in [2.24, 2.45) is 0 Å². The monoisotopic (exact) mass is 617 g/mol. The second kappa shape index (κ2) is 14.3. The van der Waals surface area contributed by atoms with E-state index in [0.29, 0.717) is 63.0 Å². The first-order valence-corrected chi connectivity index (χ1v) is 14.5. The van der Waals surface area contributed by atoms with Crippen molar-refractivity contribution in [1.29, 1.82) is 0 Å². The van der Waals surface area contributed by atoms with Crippen LogP contribution in [-0.2, 0) is 16.0 Å². The Morgan fingerprint density at radius 3 is 2.32 bits per heavy atom. The van der Waals surface area contributed by atoms with E-state index in [1.54, 1.807) is 41.0 Å².